The molecule has 3 N–H and O–H groups in total. The second-order valence-electron chi connectivity index (χ2n) is 4.46. The van der Waals surface area contributed by atoms with Crippen LogP contribution < -0.4 is 5.73 Å². The number of nitrogens with one attached hydrogen (secondary N) is 1. The van der Waals surface area contributed by atoms with E-state index in [9.17, 15) is 0 Å². The molecule has 0 radical (unpaired) electrons. The van der Waals surface area contributed by atoms with Gasteiger partial charge in [-0.2, -0.15) is 5.10 Å². The summed E-state index contributed by atoms with van der Waals surface area (Å²) in [6, 6.07) is 10.3. The largest absolute Gasteiger partial charge is 0.316 e. The van der Waals surface area contributed by atoms with Crippen molar-refractivity contribution < 1.29 is 0 Å². The van der Waals surface area contributed by atoms with Crippen molar-refractivity contribution in [2.75, 3.05) is 0 Å². The third kappa shape index (κ3) is 1.28. The summed E-state index contributed by atoms with van der Waals surface area (Å²) < 4.78 is 0. The van der Waals surface area contributed by atoms with E-state index in [-0.39, 0.29) is 5.54 Å². The Morgan fingerprint density at radius 3 is 2.88 bits per heavy atom. The van der Waals surface area contributed by atoms with E-state index >= 15 is 0 Å². The van der Waals surface area contributed by atoms with Gasteiger partial charge in [0.15, 0.2) is 0 Å². The van der Waals surface area contributed by atoms with Gasteiger partial charge in [0.1, 0.15) is 0 Å². The Morgan fingerprint density at radius 1 is 1.25 bits per heavy atom. The summed E-state index contributed by atoms with van der Waals surface area (Å²) in [4.78, 5) is 0. The van der Waals surface area contributed by atoms with Crippen LogP contribution in [0.5, 0.6) is 0 Å². The molecule has 1 heterocycles. The smallest absolute Gasteiger partial charge is 0.0836 e. The van der Waals surface area contributed by atoms with Gasteiger partial charge in [-0.1, -0.05) is 30.3 Å². The van der Waals surface area contributed by atoms with Crippen LogP contribution in [0.4, 0.5) is 0 Å². The summed E-state index contributed by atoms with van der Waals surface area (Å²) in [6.07, 6.45) is 5.08. The lowest BCUT2D eigenvalue weighted by Crippen LogP contribution is -2.41. The molecule has 0 spiro atoms. The molecular formula is C13H15N3. The van der Waals surface area contributed by atoms with Gasteiger partial charge in [0.25, 0.3) is 0 Å². The van der Waals surface area contributed by atoms with Crippen LogP contribution in [0.2, 0.25) is 0 Å². The minimum Gasteiger partial charge on any atom is -0.316 e. The minimum absolute atomic E-state index is 0.384. The molecule has 0 saturated carbocycles. The molecule has 1 unspecified atom stereocenters. The number of H-pyrrole nitrogens is 1. The van der Waals surface area contributed by atoms with Gasteiger partial charge in [-0.25, -0.2) is 0 Å². The molecule has 1 aliphatic carbocycles. The molecule has 0 aliphatic heterocycles. The molecule has 0 saturated heterocycles. The maximum atomic E-state index is 6.57. The quantitative estimate of drug-likeness (QED) is 0.760. The third-order valence-corrected chi connectivity index (χ3v) is 3.47. The van der Waals surface area contributed by atoms with Gasteiger partial charge in [-0.3, -0.25) is 5.10 Å². The van der Waals surface area contributed by atoms with Crippen LogP contribution in [-0.4, -0.2) is 10.2 Å². The van der Waals surface area contributed by atoms with Gasteiger partial charge in [-0.15, -0.1) is 0 Å². The highest BCUT2D eigenvalue weighted by Gasteiger charge is 2.35. The Kier molecular flexibility index (Phi) is 2.07. The Morgan fingerprint density at radius 2 is 2.06 bits per heavy atom. The maximum Gasteiger partial charge on any atom is 0.0836 e. The highest BCUT2D eigenvalue weighted by molar-refractivity contribution is 5.39. The lowest BCUT2D eigenvalue weighted by Gasteiger charge is -2.33. The topological polar surface area (TPSA) is 54.7 Å². The Bertz CT molecular complexity index is 489. The molecule has 2 aromatic rings. The summed E-state index contributed by atoms with van der Waals surface area (Å²) >= 11 is 0. The van der Waals surface area contributed by atoms with E-state index in [4.69, 9.17) is 5.73 Å². The lowest BCUT2D eigenvalue weighted by atomic mass is 9.77. The Labute approximate surface area is 94.7 Å². The second-order valence-corrected chi connectivity index (χ2v) is 4.46. The Hall–Kier alpha value is -1.61. The second kappa shape index (κ2) is 3.46. The van der Waals surface area contributed by atoms with E-state index in [1.54, 1.807) is 0 Å². The number of nitrogens with two attached hydrogens (primary N) is 1. The van der Waals surface area contributed by atoms with Crippen molar-refractivity contribution >= 4 is 0 Å². The van der Waals surface area contributed by atoms with Gasteiger partial charge < -0.3 is 5.73 Å². The molecule has 1 aromatic carbocycles. The van der Waals surface area contributed by atoms with Crippen molar-refractivity contribution in [1.82, 2.24) is 10.2 Å². The number of hydrogen-bond donors (Lipinski definition) is 2. The van der Waals surface area contributed by atoms with Gasteiger partial charge in [-0.05, 0) is 30.4 Å². The van der Waals surface area contributed by atoms with Gasteiger partial charge in [0.05, 0.1) is 17.4 Å². The first-order valence-electron chi connectivity index (χ1n) is 5.68. The molecule has 3 nitrogen and oxygen atoms in total. The number of benzene rings is 1. The number of aryl methyl sites for hydroxylation is 1. The van der Waals surface area contributed by atoms with Crippen LogP contribution in [0.1, 0.15) is 29.7 Å². The Balaban J connectivity index is 2.14. The summed E-state index contributed by atoms with van der Waals surface area (Å²) in [6.45, 7) is 0. The highest BCUT2D eigenvalue weighted by atomic mass is 15.1. The van der Waals surface area contributed by atoms with Crippen LogP contribution in [0.25, 0.3) is 0 Å². The van der Waals surface area contributed by atoms with Crippen LogP contribution >= 0.6 is 0 Å². The van der Waals surface area contributed by atoms with Crippen molar-refractivity contribution in [3.05, 3.63) is 53.3 Å². The fourth-order valence-corrected chi connectivity index (χ4v) is 2.59. The van der Waals surface area contributed by atoms with E-state index < -0.39 is 0 Å². The number of fused-ring (bicyclic) bond motifs is 1. The average molecular weight is 213 g/mol. The fraction of sp³-hybridized carbons (Fsp3) is 0.308. The molecule has 0 bridgehead atoms. The van der Waals surface area contributed by atoms with Crippen molar-refractivity contribution in [3.63, 3.8) is 0 Å². The first-order valence-corrected chi connectivity index (χ1v) is 5.68. The van der Waals surface area contributed by atoms with Crippen LogP contribution in [0.15, 0.2) is 36.5 Å². The number of nitrogens with zero attached hydrogens (tertiary/aromatic N) is 1. The van der Waals surface area contributed by atoms with Crippen LogP contribution in [0, 0.1) is 0 Å². The summed E-state index contributed by atoms with van der Waals surface area (Å²) in [7, 11) is 0. The maximum absolute atomic E-state index is 6.57. The summed E-state index contributed by atoms with van der Waals surface area (Å²) in [5.41, 5.74) is 9.70. The van der Waals surface area contributed by atoms with Crippen LogP contribution in [0.3, 0.4) is 0 Å². The first-order chi connectivity index (χ1) is 7.81. The van der Waals surface area contributed by atoms with E-state index in [1.165, 1.54) is 11.1 Å². The van der Waals surface area contributed by atoms with Gasteiger partial charge in [0.2, 0.25) is 0 Å². The SMILES string of the molecule is NC1(c2ccccc2)CCCc2cn[nH]c21. The number of aromatic nitrogens is 2. The molecule has 82 valence electrons. The molecule has 1 aromatic heterocycles. The van der Waals surface area contributed by atoms with Crippen LogP contribution in [-0.2, 0) is 12.0 Å². The fourth-order valence-electron chi connectivity index (χ4n) is 2.59. The number of hydrogen-bond acceptors (Lipinski definition) is 2. The number of aromatic amines is 1. The first kappa shape index (κ1) is 9.60. The van der Waals surface area contributed by atoms with E-state index in [1.807, 2.05) is 24.4 Å². The average Bonchev–Trinajstić information content (AvgIpc) is 2.80. The molecule has 1 aliphatic rings. The predicted octanol–water partition coefficient (Wildman–Crippen LogP) is 1.95. The predicted molar refractivity (Wildman–Crippen MR) is 62.9 cm³/mol. The van der Waals surface area contributed by atoms with E-state index in [0.29, 0.717) is 0 Å². The molecule has 3 rings (SSSR count). The highest BCUT2D eigenvalue weighted by Crippen LogP contribution is 2.36. The zero-order chi connectivity index (χ0) is 11.0. The van der Waals surface area contributed by atoms with Crippen molar-refractivity contribution in [2.24, 2.45) is 5.73 Å². The van der Waals surface area contributed by atoms with Gasteiger partial charge in [0, 0.05) is 0 Å². The standard InChI is InChI=1S/C13H15N3/c14-13(11-6-2-1-3-7-11)8-4-5-10-9-15-16-12(10)13/h1-3,6-7,9H,4-5,8,14H2,(H,15,16). The monoisotopic (exact) mass is 213 g/mol. The van der Waals surface area contributed by atoms with Gasteiger partial charge >= 0.3 is 0 Å². The van der Waals surface area contributed by atoms with Crippen molar-refractivity contribution in [1.29, 1.82) is 0 Å². The summed E-state index contributed by atoms with van der Waals surface area (Å²) in [5, 5.41) is 7.19. The van der Waals surface area contributed by atoms with E-state index in [0.717, 1.165) is 25.0 Å². The molecular weight excluding hydrogens is 198 g/mol. The third-order valence-electron chi connectivity index (χ3n) is 3.47. The molecule has 1 atom stereocenters. The van der Waals surface area contributed by atoms with Crippen molar-refractivity contribution in [3.8, 4) is 0 Å². The summed E-state index contributed by atoms with van der Waals surface area (Å²) in [5.74, 6) is 0. The molecule has 0 amide bonds. The zero-order valence-electron chi connectivity index (χ0n) is 9.11. The molecule has 0 fully saturated rings. The zero-order valence-corrected chi connectivity index (χ0v) is 9.11. The molecule has 16 heavy (non-hydrogen) atoms. The normalized spacial score (nSPS) is 24.1. The minimum atomic E-state index is -0.384. The number of rotatable bonds is 1. The molecule has 3 heteroatoms. The lowest BCUT2D eigenvalue weighted by molar-refractivity contribution is 0.431. The van der Waals surface area contributed by atoms with Crippen molar-refractivity contribution in [2.45, 2.75) is 24.8 Å². The van der Waals surface area contributed by atoms with E-state index in [2.05, 4.69) is 22.3 Å².